The summed E-state index contributed by atoms with van der Waals surface area (Å²) in [7, 11) is 1.47. The van der Waals surface area contributed by atoms with Gasteiger partial charge < -0.3 is 15.6 Å². The van der Waals surface area contributed by atoms with Crippen molar-refractivity contribution in [1.82, 2.24) is 0 Å². The number of hydrogen-bond acceptors (Lipinski definition) is 3. The number of phenolic OH excluding ortho intramolecular Hbond substituents is 1. The minimum absolute atomic E-state index is 0. The number of rotatable bonds is 4. The minimum atomic E-state index is -0.190. The summed E-state index contributed by atoms with van der Waals surface area (Å²) in [6.45, 7) is 5.73. The Morgan fingerprint density at radius 3 is 2.65 bits per heavy atom. The fraction of sp³-hybridized carbons (Fsp3) is 0.333. The Morgan fingerprint density at radius 1 is 1.59 bits per heavy atom. The maximum atomic E-state index is 9.57. The molecule has 0 aliphatic rings. The first-order valence-electron chi connectivity index (χ1n) is 4.92. The second kappa shape index (κ2) is 6.74. The van der Waals surface area contributed by atoms with Crippen LogP contribution in [0.3, 0.4) is 0 Å². The van der Waals surface area contributed by atoms with E-state index in [4.69, 9.17) is 22.1 Å². The van der Waals surface area contributed by atoms with Gasteiger partial charge in [0.15, 0.2) is 11.5 Å². The Hall–Kier alpha value is -0.900. The quantitative estimate of drug-likeness (QED) is 0.829. The third kappa shape index (κ3) is 4.11. The smallest absolute Gasteiger partial charge is 0.176 e. The molecule has 1 aromatic rings. The molecule has 3 nitrogen and oxygen atoms in total. The van der Waals surface area contributed by atoms with Crippen molar-refractivity contribution in [3.05, 3.63) is 34.9 Å². The summed E-state index contributed by atoms with van der Waals surface area (Å²) in [6, 6.07) is 3.14. The second-order valence-electron chi connectivity index (χ2n) is 3.82. The second-order valence-corrected chi connectivity index (χ2v) is 4.23. The van der Waals surface area contributed by atoms with Crippen molar-refractivity contribution in [1.29, 1.82) is 0 Å². The molecule has 0 radical (unpaired) electrons. The first-order chi connectivity index (χ1) is 7.45. The molecule has 1 atom stereocenters. The molecule has 0 saturated carbocycles. The summed E-state index contributed by atoms with van der Waals surface area (Å²) in [5, 5.41) is 9.81. The van der Waals surface area contributed by atoms with Crippen LogP contribution in [0, 0.1) is 0 Å². The van der Waals surface area contributed by atoms with Gasteiger partial charge in [0.25, 0.3) is 0 Å². The van der Waals surface area contributed by atoms with Crippen molar-refractivity contribution in [2.75, 3.05) is 7.11 Å². The average Bonchev–Trinajstić information content (AvgIpc) is 2.20. The molecule has 17 heavy (non-hydrogen) atoms. The van der Waals surface area contributed by atoms with E-state index in [2.05, 4.69) is 6.58 Å². The Bertz CT molecular complexity index is 408. The van der Waals surface area contributed by atoms with Crippen molar-refractivity contribution in [2.24, 2.45) is 5.73 Å². The van der Waals surface area contributed by atoms with Crippen molar-refractivity contribution >= 4 is 24.0 Å². The summed E-state index contributed by atoms with van der Waals surface area (Å²) < 4.78 is 5.01. The first kappa shape index (κ1) is 16.1. The average molecular weight is 278 g/mol. The molecule has 96 valence electrons. The zero-order valence-corrected chi connectivity index (χ0v) is 11.4. The van der Waals surface area contributed by atoms with E-state index in [0.717, 1.165) is 11.1 Å². The van der Waals surface area contributed by atoms with Gasteiger partial charge in [-0.15, -0.1) is 19.0 Å². The number of aromatic hydroxyl groups is 1. The van der Waals surface area contributed by atoms with Crippen LogP contribution < -0.4 is 10.5 Å². The van der Waals surface area contributed by atoms with Crippen LogP contribution in [0.5, 0.6) is 11.5 Å². The van der Waals surface area contributed by atoms with Crippen LogP contribution in [-0.2, 0) is 0 Å². The molecule has 0 heterocycles. The molecule has 1 aromatic carbocycles. The molecule has 0 bridgehead atoms. The normalized spacial score (nSPS) is 11.5. The zero-order valence-electron chi connectivity index (χ0n) is 9.87. The van der Waals surface area contributed by atoms with Gasteiger partial charge in [-0.2, -0.15) is 0 Å². The zero-order chi connectivity index (χ0) is 12.3. The highest BCUT2D eigenvalue weighted by Gasteiger charge is 2.13. The van der Waals surface area contributed by atoms with E-state index in [1.165, 1.54) is 7.11 Å². The lowest BCUT2D eigenvalue weighted by atomic mass is 10.0. The molecule has 0 fully saturated rings. The monoisotopic (exact) mass is 277 g/mol. The standard InChI is InChI=1S/C12H16ClNO2.ClH/c1-7(2)4-10(14)8-5-9(13)12(15)11(6-8)16-3;/h5-6,10,15H,1,4,14H2,2-3H3;1H/t10-;/m0./s1. The predicted molar refractivity (Wildman–Crippen MR) is 73.3 cm³/mol. The molecule has 0 unspecified atom stereocenters. The Kier molecular flexibility index (Phi) is 6.39. The number of ether oxygens (including phenoxy) is 1. The van der Waals surface area contributed by atoms with Gasteiger partial charge in [0.05, 0.1) is 12.1 Å². The summed E-state index contributed by atoms with van der Waals surface area (Å²) >= 11 is 5.87. The van der Waals surface area contributed by atoms with E-state index < -0.39 is 0 Å². The van der Waals surface area contributed by atoms with Crippen LogP contribution in [0.2, 0.25) is 5.02 Å². The van der Waals surface area contributed by atoms with Crippen molar-refractivity contribution < 1.29 is 9.84 Å². The van der Waals surface area contributed by atoms with E-state index in [1.54, 1.807) is 12.1 Å². The van der Waals surface area contributed by atoms with Crippen molar-refractivity contribution in [3.8, 4) is 11.5 Å². The largest absolute Gasteiger partial charge is 0.503 e. The number of nitrogens with two attached hydrogens (primary N) is 1. The molecule has 0 saturated heterocycles. The Labute approximate surface area is 113 Å². The SMILES string of the molecule is C=C(C)C[C@H](N)c1cc(Cl)c(O)c(OC)c1.Cl. The topological polar surface area (TPSA) is 55.5 Å². The molecule has 0 spiro atoms. The molecule has 1 rings (SSSR count). The van der Waals surface area contributed by atoms with Crippen LogP contribution >= 0.6 is 24.0 Å². The maximum absolute atomic E-state index is 9.57. The van der Waals surface area contributed by atoms with Crippen LogP contribution in [0.1, 0.15) is 24.9 Å². The number of hydrogen-bond donors (Lipinski definition) is 2. The number of halogens is 2. The number of benzene rings is 1. The lowest BCUT2D eigenvalue weighted by molar-refractivity contribution is 0.372. The molecule has 0 aromatic heterocycles. The molecule has 3 N–H and O–H groups in total. The highest BCUT2D eigenvalue weighted by Crippen LogP contribution is 2.37. The summed E-state index contributed by atoms with van der Waals surface area (Å²) in [5.41, 5.74) is 7.80. The van der Waals surface area contributed by atoms with Gasteiger partial charge in [0.2, 0.25) is 0 Å². The summed E-state index contributed by atoms with van der Waals surface area (Å²) in [5.74, 6) is 0.273. The highest BCUT2D eigenvalue weighted by atomic mass is 35.5. The molecule has 0 amide bonds. The lowest BCUT2D eigenvalue weighted by Gasteiger charge is -2.14. The van der Waals surface area contributed by atoms with Gasteiger partial charge in [0, 0.05) is 6.04 Å². The highest BCUT2D eigenvalue weighted by molar-refractivity contribution is 6.32. The van der Waals surface area contributed by atoms with Crippen LogP contribution in [0.15, 0.2) is 24.3 Å². The molecular formula is C12H17Cl2NO2. The van der Waals surface area contributed by atoms with E-state index >= 15 is 0 Å². The van der Waals surface area contributed by atoms with E-state index in [1.807, 2.05) is 6.92 Å². The van der Waals surface area contributed by atoms with E-state index in [-0.39, 0.29) is 29.2 Å². The van der Waals surface area contributed by atoms with Gasteiger partial charge in [-0.25, -0.2) is 0 Å². The molecule has 0 aliphatic carbocycles. The number of phenols is 1. The third-order valence-corrected chi connectivity index (χ3v) is 2.56. The predicted octanol–water partition coefficient (Wildman–Crippen LogP) is 3.44. The van der Waals surface area contributed by atoms with Gasteiger partial charge in [-0.05, 0) is 31.0 Å². The van der Waals surface area contributed by atoms with Crippen LogP contribution in [0.25, 0.3) is 0 Å². The van der Waals surface area contributed by atoms with Crippen molar-refractivity contribution in [2.45, 2.75) is 19.4 Å². The van der Waals surface area contributed by atoms with Gasteiger partial charge in [-0.1, -0.05) is 17.2 Å². The fourth-order valence-electron chi connectivity index (χ4n) is 1.46. The van der Waals surface area contributed by atoms with E-state index in [0.29, 0.717) is 12.2 Å². The van der Waals surface area contributed by atoms with Gasteiger partial charge in [-0.3, -0.25) is 0 Å². The molecule has 0 aliphatic heterocycles. The van der Waals surface area contributed by atoms with E-state index in [9.17, 15) is 5.11 Å². The summed E-state index contributed by atoms with van der Waals surface area (Å²) in [4.78, 5) is 0. The van der Waals surface area contributed by atoms with Crippen LogP contribution in [-0.4, -0.2) is 12.2 Å². The van der Waals surface area contributed by atoms with Crippen LogP contribution in [0.4, 0.5) is 0 Å². The molecule has 5 heteroatoms. The van der Waals surface area contributed by atoms with Gasteiger partial charge in [0.1, 0.15) is 0 Å². The maximum Gasteiger partial charge on any atom is 0.176 e. The Morgan fingerprint density at radius 2 is 2.18 bits per heavy atom. The van der Waals surface area contributed by atoms with Gasteiger partial charge >= 0.3 is 0 Å². The lowest BCUT2D eigenvalue weighted by Crippen LogP contribution is -2.10. The van der Waals surface area contributed by atoms with Crippen molar-refractivity contribution in [3.63, 3.8) is 0 Å². The Balaban J connectivity index is 0.00000256. The first-order valence-corrected chi connectivity index (χ1v) is 5.29. The summed E-state index contributed by atoms with van der Waals surface area (Å²) in [6.07, 6.45) is 0.671. The number of methoxy groups -OCH3 is 1. The fourth-order valence-corrected chi connectivity index (χ4v) is 1.68. The minimum Gasteiger partial charge on any atom is -0.503 e. The third-order valence-electron chi connectivity index (χ3n) is 2.27. The molecular weight excluding hydrogens is 261 g/mol.